The summed E-state index contributed by atoms with van der Waals surface area (Å²) in [5.41, 5.74) is 4.62. The Morgan fingerprint density at radius 3 is 2.51 bits per heavy atom. The first kappa shape index (κ1) is 22.7. The number of para-hydroxylation sites is 1. The van der Waals surface area contributed by atoms with Crippen LogP contribution in [0.15, 0.2) is 84.3 Å². The van der Waals surface area contributed by atoms with Gasteiger partial charge in [-0.2, -0.15) is 0 Å². The average Bonchev–Trinajstić information content (AvgIpc) is 3.27. The van der Waals surface area contributed by atoms with Crippen LogP contribution in [0.5, 0.6) is 0 Å². The van der Waals surface area contributed by atoms with Crippen molar-refractivity contribution in [1.82, 2.24) is 24.7 Å². The lowest BCUT2D eigenvalue weighted by atomic mass is 9.94. The summed E-state index contributed by atoms with van der Waals surface area (Å²) in [4.78, 5) is 22.3. The zero-order chi connectivity index (χ0) is 24.2. The first-order valence-electron chi connectivity index (χ1n) is 11.2. The van der Waals surface area contributed by atoms with E-state index in [0.29, 0.717) is 17.0 Å². The Kier molecular flexibility index (Phi) is 6.54. The van der Waals surface area contributed by atoms with Gasteiger partial charge in [0.1, 0.15) is 0 Å². The highest BCUT2D eigenvalue weighted by Crippen LogP contribution is 2.36. The van der Waals surface area contributed by atoms with Gasteiger partial charge in [-0.1, -0.05) is 60.3 Å². The van der Waals surface area contributed by atoms with Crippen LogP contribution < -0.4 is 0 Å². The summed E-state index contributed by atoms with van der Waals surface area (Å²) < 4.78 is 7.41. The van der Waals surface area contributed by atoms with Gasteiger partial charge in [0.15, 0.2) is 11.0 Å². The molecule has 0 aliphatic heterocycles. The minimum Gasteiger partial charge on any atom is -0.462 e. The zero-order valence-corrected chi connectivity index (χ0v) is 20.2. The Balaban J connectivity index is 1.60. The molecular formula is C27H23N5O2S. The fraction of sp³-hybridized carbons (Fsp3) is 0.148. The van der Waals surface area contributed by atoms with Crippen LogP contribution in [-0.4, -0.2) is 37.3 Å². The van der Waals surface area contributed by atoms with Crippen LogP contribution in [0.1, 0.15) is 23.0 Å². The van der Waals surface area contributed by atoms with Gasteiger partial charge in [0.05, 0.1) is 23.4 Å². The van der Waals surface area contributed by atoms with Gasteiger partial charge in [-0.15, -0.1) is 10.2 Å². The molecule has 0 saturated carbocycles. The van der Waals surface area contributed by atoms with Crippen LogP contribution in [0.3, 0.4) is 0 Å². The van der Waals surface area contributed by atoms with Crippen molar-refractivity contribution in [1.29, 1.82) is 0 Å². The predicted molar refractivity (Wildman–Crippen MR) is 137 cm³/mol. The third-order valence-corrected chi connectivity index (χ3v) is 6.63. The molecule has 0 saturated heterocycles. The molecule has 0 N–H and O–H groups in total. The van der Waals surface area contributed by atoms with E-state index in [-0.39, 0.29) is 12.6 Å². The number of hydrogen-bond donors (Lipinski definition) is 0. The highest BCUT2D eigenvalue weighted by Gasteiger charge is 2.24. The maximum absolute atomic E-state index is 13.3. The molecule has 8 heteroatoms. The summed E-state index contributed by atoms with van der Waals surface area (Å²) in [5.74, 6) is 0.773. The van der Waals surface area contributed by atoms with E-state index in [9.17, 15) is 4.79 Å². The molecule has 0 atom stereocenters. The molecule has 5 aromatic rings. The quantitative estimate of drug-likeness (QED) is 0.222. The van der Waals surface area contributed by atoms with Gasteiger partial charge < -0.3 is 9.30 Å². The van der Waals surface area contributed by atoms with Crippen LogP contribution in [0.2, 0.25) is 0 Å². The third-order valence-electron chi connectivity index (χ3n) is 5.60. The van der Waals surface area contributed by atoms with Gasteiger partial charge in [-0.25, -0.2) is 4.79 Å². The first-order valence-corrected chi connectivity index (χ1v) is 12.2. The molecule has 3 heterocycles. The van der Waals surface area contributed by atoms with E-state index in [1.54, 1.807) is 12.4 Å². The largest absolute Gasteiger partial charge is 0.462 e. The van der Waals surface area contributed by atoms with Gasteiger partial charge in [0.2, 0.25) is 0 Å². The zero-order valence-electron chi connectivity index (χ0n) is 19.4. The molecule has 0 amide bonds. The topological polar surface area (TPSA) is 82.8 Å². The smallest absolute Gasteiger partial charge is 0.340 e. The van der Waals surface area contributed by atoms with E-state index in [2.05, 4.69) is 15.2 Å². The summed E-state index contributed by atoms with van der Waals surface area (Å²) in [7, 11) is 1.92. The van der Waals surface area contributed by atoms with E-state index in [1.165, 1.54) is 11.8 Å². The van der Waals surface area contributed by atoms with Crippen LogP contribution >= 0.6 is 11.8 Å². The number of thioether (sulfide) groups is 1. The molecule has 0 aliphatic carbocycles. The number of esters is 1. The minimum absolute atomic E-state index is 0.282. The van der Waals surface area contributed by atoms with Crippen LogP contribution in [0.4, 0.5) is 0 Å². The molecule has 2 aromatic carbocycles. The van der Waals surface area contributed by atoms with Crippen molar-refractivity contribution in [3.05, 3.63) is 90.4 Å². The Labute approximate surface area is 207 Å². The minimum atomic E-state index is -0.380. The van der Waals surface area contributed by atoms with Crippen molar-refractivity contribution in [2.45, 2.75) is 17.8 Å². The normalized spacial score (nSPS) is 11.0. The number of carbonyl (C=O) groups is 1. The second kappa shape index (κ2) is 10.1. The van der Waals surface area contributed by atoms with E-state index in [1.807, 2.05) is 85.3 Å². The number of carbonyl (C=O) groups excluding carboxylic acids is 1. The van der Waals surface area contributed by atoms with Crippen LogP contribution in [-0.2, 0) is 17.5 Å². The van der Waals surface area contributed by atoms with Crippen molar-refractivity contribution in [3.8, 4) is 22.5 Å². The molecule has 3 aromatic heterocycles. The molecule has 5 rings (SSSR count). The second-order valence-electron chi connectivity index (χ2n) is 7.81. The van der Waals surface area contributed by atoms with Crippen LogP contribution in [0.25, 0.3) is 33.4 Å². The lowest BCUT2D eigenvalue weighted by Gasteiger charge is -2.16. The molecule has 0 aliphatic rings. The molecule has 0 fully saturated rings. The predicted octanol–water partition coefficient (Wildman–Crippen LogP) is 5.56. The fourth-order valence-corrected chi connectivity index (χ4v) is 4.87. The van der Waals surface area contributed by atoms with E-state index in [0.717, 1.165) is 38.6 Å². The number of hydrogen-bond acceptors (Lipinski definition) is 7. The van der Waals surface area contributed by atoms with E-state index < -0.39 is 0 Å². The van der Waals surface area contributed by atoms with Crippen molar-refractivity contribution >= 4 is 28.6 Å². The van der Waals surface area contributed by atoms with Gasteiger partial charge in [-0.3, -0.25) is 9.97 Å². The number of nitrogens with zero attached hydrogens (tertiary/aromatic N) is 5. The number of aromatic nitrogens is 5. The number of benzene rings is 2. The standard InChI is InChI=1S/C27H23N5O2S/c1-3-34-26(33)24-22(17-35-27-31-30-25(32(27)2)19-12-9-15-28-16-19)29-21-14-8-7-13-20(21)23(24)18-10-5-4-6-11-18/h4-16H,3,17H2,1-2H3. The third kappa shape index (κ3) is 4.52. The number of pyridine rings is 2. The van der Waals surface area contributed by atoms with Crippen LogP contribution in [0, 0.1) is 0 Å². The maximum atomic E-state index is 13.3. The van der Waals surface area contributed by atoms with Crippen molar-refractivity contribution in [2.24, 2.45) is 7.05 Å². The lowest BCUT2D eigenvalue weighted by Crippen LogP contribution is -2.12. The van der Waals surface area contributed by atoms with Gasteiger partial charge in [0.25, 0.3) is 0 Å². The van der Waals surface area contributed by atoms with E-state index >= 15 is 0 Å². The second-order valence-corrected chi connectivity index (χ2v) is 8.75. The first-order chi connectivity index (χ1) is 17.2. The Hall–Kier alpha value is -4.04. The Morgan fingerprint density at radius 1 is 0.971 bits per heavy atom. The summed E-state index contributed by atoms with van der Waals surface area (Å²) in [6, 6.07) is 21.6. The SMILES string of the molecule is CCOC(=O)c1c(CSc2nnc(-c3cccnc3)n2C)nc2ccccc2c1-c1ccccc1. The highest BCUT2D eigenvalue weighted by molar-refractivity contribution is 7.98. The lowest BCUT2D eigenvalue weighted by molar-refractivity contribution is 0.0526. The fourth-order valence-electron chi connectivity index (χ4n) is 4.01. The summed E-state index contributed by atoms with van der Waals surface area (Å²) >= 11 is 1.48. The molecule has 0 radical (unpaired) electrons. The summed E-state index contributed by atoms with van der Waals surface area (Å²) in [6.45, 7) is 2.09. The molecule has 0 spiro atoms. The van der Waals surface area contributed by atoms with Gasteiger partial charge in [0, 0.05) is 41.7 Å². The molecule has 35 heavy (non-hydrogen) atoms. The van der Waals surface area contributed by atoms with Crippen molar-refractivity contribution in [3.63, 3.8) is 0 Å². The maximum Gasteiger partial charge on any atom is 0.340 e. The molecule has 174 valence electrons. The molecule has 7 nitrogen and oxygen atoms in total. The molecule has 0 unspecified atom stereocenters. The number of rotatable bonds is 7. The summed E-state index contributed by atoms with van der Waals surface area (Å²) in [6.07, 6.45) is 3.48. The molecule has 0 bridgehead atoms. The van der Waals surface area contributed by atoms with E-state index in [4.69, 9.17) is 9.72 Å². The number of fused-ring (bicyclic) bond motifs is 1. The Bertz CT molecular complexity index is 1490. The average molecular weight is 482 g/mol. The van der Waals surface area contributed by atoms with Gasteiger partial charge in [-0.05, 0) is 30.7 Å². The van der Waals surface area contributed by atoms with Gasteiger partial charge >= 0.3 is 5.97 Å². The number of ether oxygens (including phenoxy) is 1. The van der Waals surface area contributed by atoms with Crippen molar-refractivity contribution in [2.75, 3.05) is 6.61 Å². The molecular weight excluding hydrogens is 458 g/mol. The monoisotopic (exact) mass is 481 g/mol. The summed E-state index contributed by atoms with van der Waals surface area (Å²) in [5, 5.41) is 10.3. The Morgan fingerprint density at radius 2 is 1.74 bits per heavy atom. The van der Waals surface area contributed by atoms with Crippen molar-refractivity contribution < 1.29 is 9.53 Å². The highest BCUT2D eigenvalue weighted by atomic mass is 32.2.